The topological polar surface area (TPSA) is 216 Å². The number of aromatic nitrogens is 10. The summed E-state index contributed by atoms with van der Waals surface area (Å²) < 4.78 is 8.20. The molecule has 6 aromatic heterocycles. The van der Waals surface area contributed by atoms with Crippen molar-refractivity contribution in [3.05, 3.63) is 289 Å². The lowest BCUT2D eigenvalue weighted by Gasteiger charge is -2.16. The zero-order chi connectivity index (χ0) is 65.7. The Morgan fingerprint density at radius 1 is 0.245 bits per heavy atom. The van der Waals surface area contributed by atoms with E-state index >= 15 is 0 Å². The normalized spacial score (nSPS) is 11.4. The van der Waals surface area contributed by atoms with Gasteiger partial charge in [-0.1, -0.05) is 200 Å². The summed E-state index contributed by atoms with van der Waals surface area (Å²) in [5.41, 5.74) is 12.6. The van der Waals surface area contributed by atoms with Gasteiger partial charge in [0.25, 0.3) is 0 Å². The fraction of sp³-hybridized carbons (Fsp3) is 0. The molecule has 0 unspecified atom stereocenters. The van der Waals surface area contributed by atoms with Gasteiger partial charge in [0.1, 0.15) is 24.3 Å². The molecule has 15 nitrogen and oxygen atoms in total. The van der Waals surface area contributed by atoms with E-state index in [1.54, 1.807) is 18.2 Å². The van der Waals surface area contributed by atoms with Crippen LogP contribution in [0.2, 0.25) is 0 Å². The fourth-order valence-electron chi connectivity index (χ4n) is 14.3. The van der Waals surface area contributed by atoms with Crippen LogP contribution in [0.4, 0.5) is 0 Å². The van der Waals surface area contributed by atoms with E-state index in [0.29, 0.717) is 79.8 Å². The van der Waals surface area contributed by atoms with Crippen LogP contribution in [0.15, 0.2) is 261 Å². The molecule has 0 bridgehead atoms. The first-order valence-electron chi connectivity index (χ1n) is 31.5. The second kappa shape index (κ2) is 22.3. The summed E-state index contributed by atoms with van der Waals surface area (Å²) in [4.78, 5) is 32.2. The maximum atomic E-state index is 11.1. The van der Waals surface area contributed by atoms with Gasteiger partial charge in [0, 0.05) is 65.3 Å². The molecule has 6 heterocycles. The molecule has 98 heavy (non-hydrogen) atoms. The molecule has 0 aliphatic rings. The summed E-state index contributed by atoms with van der Waals surface area (Å²) in [5, 5.41) is 61.0. The predicted molar refractivity (Wildman–Crippen MR) is 381 cm³/mol. The van der Waals surface area contributed by atoms with Crippen LogP contribution in [0, 0.1) is 56.7 Å². The van der Waals surface area contributed by atoms with Crippen LogP contribution in [0.5, 0.6) is 0 Å². The lowest BCUT2D eigenvalue weighted by atomic mass is 9.95. The highest BCUT2D eigenvalue weighted by molar-refractivity contribution is 6.29. The average Bonchev–Trinajstić information content (AvgIpc) is 1.54. The van der Waals surface area contributed by atoms with Crippen molar-refractivity contribution in [2.75, 3.05) is 0 Å². The first-order chi connectivity index (χ1) is 48.4. The highest BCUT2D eigenvalue weighted by Gasteiger charge is 2.30. The highest BCUT2D eigenvalue weighted by atomic mass is 15.2. The fourth-order valence-corrected chi connectivity index (χ4v) is 14.3. The number of hydrogen-bond donors (Lipinski definition) is 0. The van der Waals surface area contributed by atoms with Gasteiger partial charge in [-0.05, 0) is 71.8 Å². The summed E-state index contributed by atoms with van der Waals surface area (Å²) >= 11 is 0. The second-order valence-electron chi connectivity index (χ2n) is 23.7. The first kappa shape index (κ1) is 56.1. The lowest BCUT2D eigenvalue weighted by Crippen LogP contribution is -2.08. The van der Waals surface area contributed by atoms with Crippen molar-refractivity contribution < 1.29 is 0 Å². The molecule has 0 amide bonds. The van der Waals surface area contributed by atoms with Gasteiger partial charge >= 0.3 is 0 Å². The number of nitrogens with zero attached hydrogens (tertiary/aromatic N) is 15. The number of fused-ring (bicyclic) bond motifs is 14. The zero-order valence-corrected chi connectivity index (χ0v) is 51.5. The van der Waals surface area contributed by atoms with Crippen LogP contribution >= 0.6 is 0 Å². The molecule has 0 saturated carbocycles. The van der Waals surface area contributed by atoms with E-state index in [-0.39, 0.29) is 16.7 Å². The zero-order valence-electron chi connectivity index (χ0n) is 51.5. The van der Waals surface area contributed by atoms with E-state index in [1.165, 1.54) is 12.1 Å². The third-order valence-electron chi connectivity index (χ3n) is 18.4. The van der Waals surface area contributed by atoms with E-state index in [9.17, 15) is 26.3 Å². The summed E-state index contributed by atoms with van der Waals surface area (Å²) in [7, 11) is 0. The second-order valence-corrected chi connectivity index (χ2v) is 23.7. The minimum atomic E-state index is 0.144. The van der Waals surface area contributed by atoms with Crippen LogP contribution in [0.25, 0.3) is 167 Å². The number of hydrogen-bond acceptors (Lipinski definition) is 11. The van der Waals surface area contributed by atoms with Gasteiger partial charge in [0.2, 0.25) is 11.9 Å². The minimum Gasteiger partial charge on any atom is -0.305 e. The maximum absolute atomic E-state index is 11.1. The van der Waals surface area contributed by atoms with Gasteiger partial charge in [-0.25, -0.2) is 9.97 Å². The largest absolute Gasteiger partial charge is 0.305 e. The quantitative estimate of drug-likeness (QED) is 0.132. The van der Waals surface area contributed by atoms with E-state index < -0.39 is 0 Å². The van der Waals surface area contributed by atoms with Gasteiger partial charge in [-0.15, -0.1) is 0 Å². The van der Waals surface area contributed by atoms with Crippen molar-refractivity contribution in [2.24, 2.45) is 0 Å². The van der Waals surface area contributed by atoms with Crippen molar-refractivity contribution in [2.45, 2.75) is 0 Å². The molecule has 0 aliphatic carbocycles. The van der Waals surface area contributed by atoms with Crippen LogP contribution < -0.4 is 0 Å². The molecule has 0 spiro atoms. The summed E-state index contributed by atoms with van der Waals surface area (Å²) in [6.07, 6.45) is 0. The van der Waals surface area contributed by atoms with Crippen LogP contribution in [0.3, 0.4) is 0 Å². The average molecular weight is 1250 g/mol. The first-order valence-corrected chi connectivity index (χ1v) is 31.5. The Balaban J connectivity index is 0.949. The minimum absolute atomic E-state index is 0.144. The predicted octanol–water partition coefficient (Wildman–Crippen LogP) is 18.1. The third kappa shape index (κ3) is 8.51. The monoisotopic (exact) mass is 1250 g/mol. The molecule has 15 heteroatoms. The number of nitriles is 5. The molecule has 18 aromatic rings. The molecule has 0 saturated heterocycles. The summed E-state index contributed by atoms with van der Waals surface area (Å²) in [5.74, 6) is 2.36. The maximum Gasteiger partial charge on any atom is 0.238 e. The van der Waals surface area contributed by atoms with Gasteiger partial charge in [0.15, 0.2) is 23.3 Å². The SMILES string of the molecule is N#Cc1cc(C#N)c(-n2c3ccccc3c3cc(-c4cccc(-c5nc(-c6ccccc6)nc(-n6c7ccccc7c7ccc8c9ccccc9n(-c9c(C#N)cccc9C#N)c8c76)n5)c4)c4c5ccccc5n(-c5nc(-c6ccccc6)nc(-c6ccccc6)n5)c4c32)c(C#N)c1. The summed E-state index contributed by atoms with van der Waals surface area (Å²) in [6, 6.07) is 96.4. The highest BCUT2D eigenvalue weighted by Crippen LogP contribution is 2.49. The molecule has 18 rings (SSSR count). The van der Waals surface area contributed by atoms with Gasteiger partial charge < -0.3 is 9.13 Å². The standard InChI is InChI=1S/C83H43N15/c84-44-49-40-57(47-87)73(58(41-49)48-88)96-68-35-15-12-32-61(68)66-43-65(71-64-33-13-17-37-70(64)98(77(71)76(66)96)83-92-78(50-20-4-1-5-21-50)89-79(93-83)51-22-6-2-7-23-51)53-26-18-27-54(42-53)81-90-80(52-24-8-3-9-25-52)91-82(94-81)97-69-36-16-11-31-60(69)63-39-38-62-59-30-10-14-34-67(59)95(74(62)75(63)97)72-55(45-85)28-19-29-56(72)46-86/h1-43H. The van der Waals surface area contributed by atoms with Crippen molar-refractivity contribution in [1.82, 2.24) is 48.2 Å². The third-order valence-corrected chi connectivity index (χ3v) is 18.4. The Morgan fingerprint density at radius 3 is 1.08 bits per heavy atom. The molecule has 450 valence electrons. The molecule has 0 radical (unpaired) electrons. The number of rotatable bonds is 9. The van der Waals surface area contributed by atoms with E-state index in [4.69, 9.17) is 29.9 Å². The molecule has 0 N–H and O–H groups in total. The lowest BCUT2D eigenvalue weighted by molar-refractivity contribution is 0.953. The van der Waals surface area contributed by atoms with Crippen molar-refractivity contribution in [1.29, 1.82) is 26.3 Å². The molecule has 12 aromatic carbocycles. The molecule has 0 atom stereocenters. The van der Waals surface area contributed by atoms with E-state index in [1.807, 2.05) is 174 Å². The Labute approximate surface area is 557 Å². The Bertz CT molecular complexity index is 6560. The van der Waals surface area contributed by atoms with Crippen molar-refractivity contribution in [3.8, 4) is 110 Å². The number of para-hydroxylation sites is 5. The van der Waals surface area contributed by atoms with Crippen molar-refractivity contribution >= 4 is 87.2 Å². The summed E-state index contributed by atoms with van der Waals surface area (Å²) in [6.45, 7) is 0. The van der Waals surface area contributed by atoms with Crippen LogP contribution in [0.1, 0.15) is 27.8 Å². The van der Waals surface area contributed by atoms with Gasteiger partial charge in [0.05, 0.1) is 89.4 Å². The van der Waals surface area contributed by atoms with Crippen LogP contribution in [-0.4, -0.2) is 48.2 Å². The van der Waals surface area contributed by atoms with Gasteiger partial charge in [-0.3, -0.25) is 9.13 Å². The Kier molecular flexibility index (Phi) is 12.7. The number of benzene rings is 12. The van der Waals surface area contributed by atoms with E-state index in [0.717, 1.165) is 98.5 Å². The molecular formula is C83H43N15. The van der Waals surface area contributed by atoms with E-state index in [2.05, 4.69) is 105 Å². The van der Waals surface area contributed by atoms with Crippen LogP contribution in [-0.2, 0) is 0 Å². The smallest absolute Gasteiger partial charge is 0.238 e. The van der Waals surface area contributed by atoms with Crippen molar-refractivity contribution in [3.63, 3.8) is 0 Å². The molecular weight excluding hydrogens is 1210 g/mol. The molecule has 0 aliphatic heterocycles. The van der Waals surface area contributed by atoms with Gasteiger partial charge in [-0.2, -0.15) is 46.2 Å². The molecule has 0 fully saturated rings. The Morgan fingerprint density at radius 2 is 0.602 bits per heavy atom. The Hall–Kier alpha value is -14.7.